The molecule has 3 fully saturated rings. The zero-order chi connectivity index (χ0) is 31.2. The third-order valence-corrected chi connectivity index (χ3v) is 9.92. The quantitative estimate of drug-likeness (QED) is 0.348. The predicted molar refractivity (Wildman–Crippen MR) is 171 cm³/mol. The third-order valence-electron chi connectivity index (χ3n) is 9.92. The summed E-state index contributed by atoms with van der Waals surface area (Å²) in [6, 6.07) is 22.0. The monoisotopic (exact) mass is 593 g/mol. The summed E-state index contributed by atoms with van der Waals surface area (Å²) >= 11 is 0. The van der Waals surface area contributed by atoms with Gasteiger partial charge in [0.15, 0.2) is 0 Å². The smallest absolute Gasteiger partial charge is 0.253 e. The molecule has 3 aromatic carbocycles. The van der Waals surface area contributed by atoms with E-state index >= 15 is 0 Å². The van der Waals surface area contributed by atoms with Gasteiger partial charge in [-0.1, -0.05) is 67.6 Å². The molecule has 228 valence electrons. The van der Waals surface area contributed by atoms with E-state index in [-0.39, 0.29) is 49.9 Å². The van der Waals surface area contributed by atoms with Gasteiger partial charge in [0, 0.05) is 31.0 Å². The zero-order valence-electron chi connectivity index (χ0n) is 25.3. The standard InChI is InChI=1S/C36H39N3O5/c1-5-18-37(27-14-8-7-9-15-27)32(41)29-30-33(42)39(20-21-40)31(36(30)23-24(3)35(29,4)44-36)34(43)38(19-6-2)28-17-16-25-12-10-11-13-26(25)22-28/h5-17,22,24,29-31,40H,1-2,18-21,23H2,3-4H3/t24?,29-,30+,31?,35+,36?/m1/s1. The van der Waals surface area contributed by atoms with Crippen LogP contribution in [0, 0.1) is 17.8 Å². The van der Waals surface area contributed by atoms with Crippen molar-refractivity contribution in [2.45, 2.75) is 37.5 Å². The molecular weight excluding hydrogens is 554 g/mol. The van der Waals surface area contributed by atoms with E-state index in [1.165, 1.54) is 4.90 Å². The molecule has 3 saturated heterocycles. The van der Waals surface area contributed by atoms with Crippen molar-refractivity contribution in [1.82, 2.24) is 4.90 Å². The molecule has 3 aliphatic heterocycles. The average molecular weight is 594 g/mol. The maximum absolute atomic E-state index is 14.8. The maximum Gasteiger partial charge on any atom is 0.253 e. The summed E-state index contributed by atoms with van der Waals surface area (Å²) in [5.74, 6) is -2.71. The Kier molecular flexibility index (Phi) is 7.68. The van der Waals surface area contributed by atoms with Crippen LogP contribution in [0.4, 0.5) is 11.4 Å². The van der Waals surface area contributed by atoms with Gasteiger partial charge in [0.25, 0.3) is 5.91 Å². The highest BCUT2D eigenvalue weighted by atomic mass is 16.5. The van der Waals surface area contributed by atoms with Crippen LogP contribution in [0.5, 0.6) is 0 Å². The summed E-state index contributed by atoms with van der Waals surface area (Å²) in [5.41, 5.74) is -0.832. The van der Waals surface area contributed by atoms with Crippen molar-refractivity contribution in [3.63, 3.8) is 0 Å². The Bertz CT molecular complexity index is 1620. The van der Waals surface area contributed by atoms with Crippen molar-refractivity contribution in [1.29, 1.82) is 0 Å². The number of anilines is 2. The van der Waals surface area contributed by atoms with Gasteiger partial charge < -0.3 is 24.5 Å². The van der Waals surface area contributed by atoms with Crippen LogP contribution in [-0.2, 0) is 19.1 Å². The van der Waals surface area contributed by atoms with Gasteiger partial charge in [-0.25, -0.2) is 0 Å². The molecule has 3 amide bonds. The third kappa shape index (κ3) is 4.39. The Morgan fingerprint density at radius 2 is 1.59 bits per heavy atom. The number of fused-ring (bicyclic) bond motifs is 2. The number of rotatable bonds is 10. The minimum Gasteiger partial charge on any atom is -0.395 e. The minimum absolute atomic E-state index is 0.0441. The Hall–Kier alpha value is -4.27. The topological polar surface area (TPSA) is 90.4 Å². The Labute approximate surface area is 258 Å². The lowest BCUT2D eigenvalue weighted by atomic mass is 9.62. The first-order valence-electron chi connectivity index (χ1n) is 15.2. The van der Waals surface area contributed by atoms with Crippen LogP contribution >= 0.6 is 0 Å². The fourth-order valence-corrected chi connectivity index (χ4v) is 7.91. The fourth-order valence-electron chi connectivity index (χ4n) is 7.91. The van der Waals surface area contributed by atoms with Crippen molar-refractivity contribution >= 4 is 39.9 Å². The molecule has 2 bridgehead atoms. The van der Waals surface area contributed by atoms with E-state index in [1.54, 1.807) is 22.0 Å². The highest BCUT2D eigenvalue weighted by molar-refractivity contribution is 6.07. The lowest BCUT2D eigenvalue weighted by Crippen LogP contribution is -2.57. The summed E-state index contributed by atoms with van der Waals surface area (Å²) in [7, 11) is 0. The highest BCUT2D eigenvalue weighted by Crippen LogP contribution is 2.65. The van der Waals surface area contributed by atoms with Gasteiger partial charge in [-0.05, 0) is 54.3 Å². The van der Waals surface area contributed by atoms with Crippen LogP contribution in [0.15, 0.2) is 98.1 Å². The number of hydrogen-bond acceptors (Lipinski definition) is 5. The molecule has 0 aromatic heterocycles. The molecule has 0 radical (unpaired) electrons. The zero-order valence-corrected chi connectivity index (χ0v) is 25.3. The second-order valence-corrected chi connectivity index (χ2v) is 12.3. The average Bonchev–Trinajstić information content (AvgIpc) is 3.54. The first kappa shape index (κ1) is 29.8. The largest absolute Gasteiger partial charge is 0.395 e. The SMILES string of the molecule is C=CCN(C(=O)C1N(CCO)C(=O)[C@@H]2[C@H](C(=O)N(CC=C)c3ccccc3)[C@@]3(C)OC12CC3C)c1ccc2ccccc2c1. The molecule has 6 rings (SSSR count). The lowest BCUT2D eigenvalue weighted by Gasteiger charge is -2.39. The van der Waals surface area contributed by atoms with Crippen LogP contribution < -0.4 is 9.80 Å². The molecule has 8 heteroatoms. The number of hydrogen-bond donors (Lipinski definition) is 1. The second-order valence-electron chi connectivity index (χ2n) is 12.3. The molecular formula is C36H39N3O5. The molecule has 0 aliphatic carbocycles. The molecule has 8 nitrogen and oxygen atoms in total. The van der Waals surface area contributed by atoms with E-state index in [1.807, 2.05) is 86.6 Å². The Morgan fingerprint density at radius 3 is 2.25 bits per heavy atom. The number of benzene rings is 3. The highest BCUT2D eigenvalue weighted by Gasteiger charge is 2.80. The van der Waals surface area contributed by atoms with Crippen molar-refractivity contribution in [2.24, 2.45) is 17.8 Å². The number of aliphatic hydroxyl groups excluding tert-OH is 1. The molecule has 0 saturated carbocycles. The number of carbonyl (C=O) groups is 3. The number of nitrogens with zero attached hydrogens (tertiary/aromatic N) is 3. The number of ether oxygens (including phenoxy) is 1. The lowest BCUT2D eigenvalue weighted by molar-refractivity contribution is -0.146. The number of amides is 3. The number of aliphatic hydroxyl groups is 1. The van der Waals surface area contributed by atoms with Crippen LogP contribution in [-0.4, -0.2) is 71.2 Å². The summed E-state index contributed by atoms with van der Waals surface area (Å²) in [6.45, 7) is 11.8. The Morgan fingerprint density at radius 1 is 0.955 bits per heavy atom. The van der Waals surface area contributed by atoms with E-state index in [0.29, 0.717) is 17.8 Å². The van der Waals surface area contributed by atoms with Gasteiger partial charge >= 0.3 is 0 Å². The summed E-state index contributed by atoms with van der Waals surface area (Å²) in [4.78, 5) is 48.5. The van der Waals surface area contributed by atoms with E-state index < -0.39 is 29.1 Å². The minimum atomic E-state index is -1.23. The van der Waals surface area contributed by atoms with Crippen molar-refractivity contribution in [3.8, 4) is 0 Å². The van der Waals surface area contributed by atoms with Crippen molar-refractivity contribution < 1.29 is 24.2 Å². The molecule has 6 atom stereocenters. The second kappa shape index (κ2) is 11.3. The molecule has 3 aliphatic rings. The van der Waals surface area contributed by atoms with Gasteiger partial charge in [-0.2, -0.15) is 0 Å². The molecule has 3 aromatic rings. The molecule has 44 heavy (non-hydrogen) atoms. The summed E-state index contributed by atoms with van der Waals surface area (Å²) in [6.07, 6.45) is 3.76. The number of para-hydroxylation sites is 1. The van der Waals surface area contributed by atoms with Crippen LogP contribution in [0.25, 0.3) is 10.8 Å². The summed E-state index contributed by atoms with van der Waals surface area (Å²) in [5, 5.41) is 12.1. The van der Waals surface area contributed by atoms with Crippen molar-refractivity contribution in [2.75, 3.05) is 36.0 Å². The predicted octanol–water partition coefficient (Wildman–Crippen LogP) is 4.58. The van der Waals surface area contributed by atoms with Crippen LogP contribution in [0.2, 0.25) is 0 Å². The van der Waals surface area contributed by atoms with Gasteiger partial charge in [0.05, 0.1) is 24.0 Å². The van der Waals surface area contributed by atoms with Gasteiger partial charge in [-0.3, -0.25) is 14.4 Å². The molecule has 1 N–H and O–H groups in total. The van der Waals surface area contributed by atoms with E-state index in [9.17, 15) is 19.5 Å². The van der Waals surface area contributed by atoms with Gasteiger partial charge in [0.1, 0.15) is 11.6 Å². The first-order valence-corrected chi connectivity index (χ1v) is 15.2. The van der Waals surface area contributed by atoms with Gasteiger partial charge in [0.2, 0.25) is 11.8 Å². The number of β-amino-alcohol motifs (C(OH)–C–C–N with tert-alkyl or cyclic N) is 1. The van der Waals surface area contributed by atoms with Gasteiger partial charge in [-0.15, -0.1) is 13.2 Å². The van der Waals surface area contributed by atoms with Crippen LogP contribution in [0.3, 0.4) is 0 Å². The molecule has 1 spiro atoms. The normalized spacial score (nSPS) is 28.6. The van der Waals surface area contributed by atoms with E-state index in [2.05, 4.69) is 13.2 Å². The van der Waals surface area contributed by atoms with E-state index in [4.69, 9.17) is 4.74 Å². The Balaban J connectivity index is 1.45. The number of likely N-dealkylation sites (tertiary alicyclic amines) is 1. The first-order chi connectivity index (χ1) is 21.2. The fraction of sp³-hybridized carbons (Fsp3) is 0.361. The summed E-state index contributed by atoms with van der Waals surface area (Å²) < 4.78 is 6.91. The van der Waals surface area contributed by atoms with E-state index in [0.717, 1.165) is 10.8 Å². The maximum atomic E-state index is 14.8. The molecule has 3 unspecified atom stereocenters. The number of carbonyl (C=O) groups excluding carboxylic acids is 3. The van der Waals surface area contributed by atoms with Crippen LogP contribution in [0.1, 0.15) is 20.3 Å². The van der Waals surface area contributed by atoms with Crippen molar-refractivity contribution in [3.05, 3.63) is 98.1 Å². The molecule has 3 heterocycles.